The molecule has 2 aromatic carbocycles. The van der Waals surface area contributed by atoms with E-state index >= 15 is 0 Å². The van der Waals surface area contributed by atoms with Crippen molar-refractivity contribution in [2.24, 2.45) is 0 Å². The molecular formula is C17H17ClN2O2S. The minimum Gasteiger partial charge on any atom is -0.486 e. The van der Waals surface area contributed by atoms with E-state index < -0.39 is 0 Å². The van der Waals surface area contributed by atoms with Crippen LogP contribution in [0.5, 0.6) is 11.5 Å². The van der Waals surface area contributed by atoms with Crippen LogP contribution in [0.3, 0.4) is 0 Å². The van der Waals surface area contributed by atoms with Crippen LogP contribution < -0.4 is 20.1 Å². The quantitative estimate of drug-likeness (QED) is 0.826. The minimum atomic E-state index is -0.0925. The molecule has 4 nitrogen and oxygen atoms in total. The number of benzene rings is 2. The van der Waals surface area contributed by atoms with Gasteiger partial charge in [0.05, 0.1) is 6.54 Å². The Labute approximate surface area is 145 Å². The van der Waals surface area contributed by atoms with E-state index in [1.807, 2.05) is 49.4 Å². The highest BCUT2D eigenvalue weighted by atomic mass is 35.5. The first-order chi connectivity index (χ1) is 11.1. The maximum Gasteiger partial charge on any atom is 0.170 e. The van der Waals surface area contributed by atoms with E-state index in [2.05, 4.69) is 10.6 Å². The van der Waals surface area contributed by atoms with Crippen LogP contribution in [0.2, 0.25) is 5.02 Å². The Morgan fingerprint density at radius 2 is 2.00 bits per heavy atom. The standard InChI is InChI=1S/C17H17ClN2O2S/c1-11-13(18)5-4-6-14(11)20-17(23)19-9-12-10-21-15-7-2-3-8-16(15)22-12/h2-8,12H,9-10H2,1H3,(H2,19,20,23)/t12-/m0/s1. The van der Waals surface area contributed by atoms with Crippen LogP contribution in [-0.4, -0.2) is 24.4 Å². The molecule has 1 aliphatic heterocycles. The van der Waals surface area contributed by atoms with Crippen molar-refractivity contribution >= 4 is 34.6 Å². The molecule has 0 bridgehead atoms. The molecule has 0 fully saturated rings. The number of rotatable bonds is 3. The highest BCUT2D eigenvalue weighted by molar-refractivity contribution is 7.80. The third kappa shape index (κ3) is 3.86. The first kappa shape index (κ1) is 15.9. The molecule has 2 N–H and O–H groups in total. The van der Waals surface area contributed by atoms with E-state index in [9.17, 15) is 0 Å². The fourth-order valence-corrected chi connectivity index (χ4v) is 2.65. The Hall–Kier alpha value is -1.98. The lowest BCUT2D eigenvalue weighted by Gasteiger charge is -2.27. The summed E-state index contributed by atoms with van der Waals surface area (Å²) >= 11 is 11.4. The summed E-state index contributed by atoms with van der Waals surface area (Å²) in [5.74, 6) is 1.54. The Bertz CT molecular complexity index is 723. The normalized spacial score (nSPS) is 15.8. The van der Waals surface area contributed by atoms with Crippen molar-refractivity contribution in [1.29, 1.82) is 0 Å². The van der Waals surface area contributed by atoms with Gasteiger partial charge in [-0.2, -0.15) is 0 Å². The zero-order valence-corrected chi connectivity index (χ0v) is 14.2. The van der Waals surface area contributed by atoms with Crippen molar-refractivity contribution in [3.63, 3.8) is 0 Å². The van der Waals surface area contributed by atoms with Gasteiger partial charge in [-0.25, -0.2) is 0 Å². The molecule has 120 valence electrons. The first-order valence-electron chi connectivity index (χ1n) is 7.32. The molecule has 0 unspecified atom stereocenters. The average molecular weight is 349 g/mol. The predicted molar refractivity (Wildman–Crippen MR) is 96.8 cm³/mol. The number of ether oxygens (including phenoxy) is 2. The second kappa shape index (κ2) is 7.06. The molecular weight excluding hydrogens is 332 g/mol. The van der Waals surface area contributed by atoms with Gasteiger partial charge in [0.15, 0.2) is 16.6 Å². The molecule has 1 heterocycles. The van der Waals surface area contributed by atoms with Crippen molar-refractivity contribution in [2.45, 2.75) is 13.0 Å². The van der Waals surface area contributed by atoms with E-state index in [1.165, 1.54) is 0 Å². The van der Waals surface area contributed by atoms with E-state index in [0.717, 1.165) is 22.7 Å². The van der Waals surface area contributed by atoms with Gasteiger partial charge in [-0.1, -0.05) is 29.8 Å². The van der Waals surface area contributed by atoms with E-state index in [0.29, 0.717) is 23.3 Å². The van der Waals surface area contributed by atoms with Crippen LogP contribution in [0.4, 0.5) is 5.69 Å². The van der Waals surface area contributed by atoms with Crippen molar-refractivity contribution in [2.75, 3.05) is 18.5 Å². The molecule has 1 aliphatic rings. The van der Waals surface area contributed by atoms with Crippen LogP contribution >= 0.6 is 23.8 Å². The van der Waals surface area contributed by atoms with Gasteiger partial charge < -0.3 is 20.1 Å². The number of hydrogen-bond acceptors (Lipinski definition) is 3. The minimum absolute atomic E-state index is 0.0925. The topological polar surface area (TPSA) is 42.5 Å². The summed E-state index contributed by atoms with van der Waals surface area (Å²) in [6.07, 6.45) is -0.0925. The predicted octanol–water partition coefficient (Wildman–Crippen LogP) is 3.77. The van der Waals surface area contributed by atoms with E-state index in [-0.39, 0.29) is 6.10 Å². The molecule has 23 heavy (non-hydrogen) atoms. The molecule has 0 aliphatic carbocycles. The average Bonchev–Trinajstić information content (AvgIpc) is 2.57. The number of anilines is 1. The summed E-state index contributed by atoms with van der Waals surface area (Å²) in [6.45, 7) is 2.99. The highest BCUT2D eigenvalue weighted by Gasteiger charge is 2.20. The Kier molecular flexibility index (Phi) is 4.88. The molecule has 0 saturated carbocycles. The summed E-state index contributed by atoms with van der Waals surface area (Å²) in [5.41, 5.74) is 1.85. The van der Waals surface area contributed by atoms with Crippen molar-refractivity contribution in [3.05, 3.63) is 53.1 Å². The monoisotopic (exact) mass is 348 g/mol. The van der Waals surface area contributed by atoms with E-state index in [1.54, 1.807) is 0 Å². The van der Waals surface area contributed by atoms with Crippen molar-refractivity contribution in [3.8, 4) is 11.5 Å². The smallest absolute Gasteiger partial charge is 0.170 e. The summed E-state index contributed by atoms with van der Waals surface area (Å²) in [6, 6.07) is 13.3. The zero-order valence-electron chi connectivity index (χ0n) is 12.6. The zero-order chi connectivity index (χ0) is 16.2. The van der Waals surface area contributed by atoms with Gasteiger partial charge in [-0.05, 0) is 49.0 Å². The Morgan fingerprint density at radius 3 is 2.83 bits per heavy atom. The molecule has 0 spiro atoms. The maximum atomic E-state index is 6.10. The lowest BCUT2D eigenvalue weighted by Crippen LogP contribution is -2.42. The second-order valence-electron chi connectivity index (χ2n) is 5.25. The van der Waals surface area contributed by atoms with Crippen LogP contribution in [0, 0.1) is 6.92 Å². The van der Waals surface area contributed by atoms with Gasteiger partial charge >= 0.3 is 0 Å². The number of para-hydroxylation sites is 2. The fourth-order valence-electron chi connectivity index (χ4n) is 2.28. The summed E-state index contributed by atoms with van der Waals surface area (Å²) in [4.78, 5) is 0. The maximum absolute atomic E-state index is 6.10. The number of fused-ring (bicyclic) bond motifs is 1. The van der Waals surface area contributed by atoms with Gasteiger partial charge in [-0.3, -0.25) is 0 Å². The second-order valence-corrected chi connectivity index (χ2v) is 6.06. The molecule has 3 rings (SSSR count). The Morgan fingerprint density at radius 1 is 1.22 bits per heavy atom. The van der Waals surface area contributed by atoms with Crippen LogP contribution in [-0.2, 0) is 0 Å². The Balaban J connectivity index is 1.53. The highest BCUT2D eigenvalue weighted by Crippen LogP contribution is 2.30. The van der Waals surface area contributed by atoms with Gasteiger partial charge in [0.2, 0.25) is 0 Å². The van der Waals surface area contributed by atoms with E-state index in [4.69, 9.17) is 33.3 Å². The molecule has 0 amide bonds. The molecule has 1 atom stereocenters. The number of nitrogens with one attached hydrogen (secondary N) is 2. The summed E-state index contributed by atoms with van der Waals surface area (Å²) < 4.78 is 11.6. The SMILES string of the molecule is Cc1c(Cl)cccc1NC(=S)NC[C@H]1COc2ccccc2O1. The molecule has 6 heteroatoms. The van der Waals surface area contributed by atoms with Crippen molar-refractivity contribution in [1.82, 2.24) is 5.32 Å². The third-order valence-electron chi connectivity index (χ3n) is 3.57. The number of hydrogen-bond donors (Lipinski definition) is 2. The van der Waals surface area contributed by atoms with Crippen LogP contribution in [0.15, 0.2) is 42.5 Å². The fraction of sp³-hybridized carbons (Fsp3) is 0.235. The lowest BCUT2D eigenvalue weighted by atomic mass is 10.2. The largest absolute Gasteiger partial charge is 0.486 e. The summed E-state index contributed by atoms with van der Waals surface area (Å²) in [5, 5.41) is 7.53. The molecule has 2 aromatic rings. The number of thiocarbonyl (C=S) groups is 1. The van der Waals surface area contributed by atoms with Gasteiger partial charge in [-0.15, -0.1) is 0 Å². The molecule has 0 saturated heterocycles. The summed E-state index contributed by atoms with van der Waals surface area (Å²) in [7, 11) is 0. The van der Waals surface area contributed by atoms with Gasteiger partial charge in [0.1, 0.15) is 12.7 Å². The van der Waals surface area contributed by atoms with Crippen LogP contribution in [0.25, 0.3) is 0 Å². The first-order valence-corrected chi connectivity index (χ1v) is 8.10. The lowest BCUT2D eigenvalue weighted by molar-refractivity contribution is 0.0939. The van der Waals surface area contributed by atoms with Crippen LogP contribution in [0.1, 0.15) is 5.56 Å². The van der Waals surface area contributed by atoms with Gasteiger partial charge in [0, 0.05) is 10.7 Å². The molecule has 0 aromatic heterocycles. The van der Waals surface area contributed by atoms with Gasteiger partial charge in [0.25, 0.3) is 0 Å². The van der Waals surface area contributed by atoms with Crippen molar-refractivity contribution < 1.29 is 9.47 Å². The molecule has 0 radical (unpaired) electrons. The number of halogens is 1. The third-order valence-corrected chi connectivity index (χ3v) is 4.23.